The van der Waals surface area contributed by atoms with Crippen molar-refractivity contribution in [1.29, 1.82) is 0 Å². The first-order valence-electron chi connectivity index (χ1n) is 9.27. The van der Waals surface area contributed by atoms with Gasteiger partial charge in [0.1, 0.15) is 0 Å². The summed E-state index contributed by atoms with van der Waals surface area (Å²) in [6.45, 7) is 3.43. The number of fused-ring (bicyclic) bond motifs is 1. The van der Waals surface area contributed by atoms with E-state index in [0.717, 1.165) is 12.1 Å². The number of hydrogen-bond donors (Lipinski definition) is 2. The quantitative estimate of drug-likeness (QED) is 0.464. The van der Waals surface area contributed by atoms with Gasteiger partial charge in [0.15, 0.2) is 11.6 Å². The third kappa shape index (κ3) is 4.14. The summed E-state index contributed by atoms with van der Waals surface area (Å²) in [5, 5.41) is 7.07. The monoisotopic (exact) mass is 458 g/mol. The van der Waals surface area contributed by atoms with E-state index in [0.29, 0.717) is 34.1 Å². The molecule has 0 unspecified atom stereocenters. The highest BCUT2D eigenvalue weighted by Crippen LogP contribution is 2.24. The van der Waals surface area contributed by atoms with E-state index in [9.17, 15) is 22.0 Å². The lowest BCUT2D eigenvalue weighted by Gasteiger charge is -2.10. The highest BCUT2D eigenvalue weighted by molar-refractivity contribution is 7.92. The lowest BCUT2D eigenvalue weighted by atomic mass is 10.1. The molecule has 2 heterocycles. The molecule has 164 valence electrons. The van der Waals surface area contributed by atoms with Gasteiger partial charge in [0.25, 0.3) is 21.6 Å². The summed E-state index contributed by atoms with van der Waals surface area (Å²) in [6, 6.07) is 9.73. The Morgan fingerprint density at radius 3 is 2.34 bits per heavy atom. The second-order valence-corrected chi connectivity index (χ2v) is 8.65. The predicted octanol–water partition coefficient (Wildman–Crippen LogP) is 4.17. The number of halogens is 2. The summed E-state index contributed by atoms with van der Waals surface area (Å²) < 4.78 is 58.6. The Hall–Kier alpha value is -3.86. The first-order valence-corrected chi connectivity index (χ1v) is 10.8. The molecule has 0 saturated carbocycles. The van der Waals surface area contributed by atoms with Crippen LogP contribution in [0.1, 0.15) is 21.7 Å². The fraction of sp³-hybridized carbons (Fsp3) is 0.0952. The molecule has 4 rings (SSSR count). The van der Waals surface area contributed by atoms with Crippen LogP contribution in [0.3, 0.4) is 0 Å². The molecular formula is C21H16F2N4O4S. The second-order valence-electron chi connectivity index (χ2n) is 6.97. The van der Waals surface area contributed by atoms with Gasteiger partial charge in [-0.25, -0.2) is 22.2 Å². The van der Waals surface area contributed by atoms with Crippen molar-refractivity contribution in [2.45, 2.75) is 18.7 Å². The van der Waals surface area contributed by atoms with Gasteiger partial charge in [0.05, 0.1) is 21.5 Å². The number of anilines is 2. The predicted molar refractivity (Wildman–Crippen MR) is 113 cm³/mol. The Labute approximate surface area is 181 Å². The Morgan fingerprint density at radius 2 is 1.66 bits per heavy atom. The number of amides is 1. The molecule has 0 atom stereocenters. The van der Waals surface area contributed by atoms with Crippen LogP contribution in [-0.2, 0) is 10.0 Å². The van der Waals surface area contributed by atoms with Crippen molar-refractivity contribution in [2.75, 3.05) is 10.0 Å². The van der Waals surface area contributed by atoms with Crippen molar-refractivity contribution in [3.63, 3.8) is 0 Å². The van der Waals surface area contributed by atoms with Gasteiger partial charge in [-0.3, -0.25) is 9.52 Å². The van der Waals surface area contributed by atoms with E-state index in [1.165, 1.54) is 24.3 Å². The van der Waals surface area contributed by atoms with E-state index in [4.69, 9.17) is 4.52 Å². The molecule has 0 aliphatic carbocycles. The van der Waals surface area contributed by atoms with E-state index in [2.05, 4.69) is 20.2 Å². The average molecular weight is 458 g/mol. The molecular weight excluding hydrogens is 442 g/mol. The minimum absolute atomic E-state index is 0.171. The number of benzene rings is 2. The highest BCUT2D eigenvalue weighted by atomic mass is 32.2. The summed E-state index contributed by atoms with van der Waals surface area (Å²) in [5.74, 6) is -2.83. The normalized spacial score (nSPS) is 11.5. The number of rotatable bonds is 5. The number of nitrogens with zero attached hydrogens (tertiary/aromatic N) is 2. The maximum absolute atomic E-state index is 13.4. The van der Waals surface area contributed by atoms with E-state index < -0.39 is 32.5 Å². The molecule has 0 bridgehead atoms. The van der Waals surface area contributed by atoms with Crippen LogP contribution in [0.15, 0.2) is 57.9 Å². The van der Waals surface area contributed by atoms with Gasteiger partial charge < -0.3 is 9.84 Å². The molecule has 0 fully saturated rings. The molecule has 32 heavy (non-hydrogen) atoms. The minimum atomic E-state index is -4.13. The van der Waals surface area contributed by atoms with Gasteiger partial charge in [0, 0.05) is 17.1 Å². The third-order valence-corrected chi connectivity index (χ3v) is 5.97. The number of sulfonamides is 1. The van der Waals surface area contributed by atoms with E-state index in [1.54, 1.807) is 19.9 Å². The maximum Gasteiger partial charge on any atom is 0.261 e. The Bertz CT molecular complexity index is 1450. The molecule has 1 amide bonds. The first-order chi connectivity index (χ1) is 15.1. The van der Waals surface area contributed by atoms with Crippen LogP contribution >= 0.6 is 0 Å². The zero-order chi connectivity index (χ0) is 23.0. The molecule has 2 N–H and O–H groups in total. The Balaban J connectivity index is 1.53. The molecule has 8 nitrogen and oxygen atoms in total. The van der Waals surface area contributed by atoms with Gasteiger partial charge in [-0.1, -0.05) is 5.16 Å². The van der Waals surface area contributed by atoms with Gasteiger partial charge in [-0.15, -0.1) is 0 Å². The van der Waals surface area contributed by atoms with Crippen molar-refractivity contribution in [1.82, 2.24) is 10.1 Å². The van der Waals surface area contributed by atoms with Crippen molar-refractivity contribution in [3.8, 4) is 0 Å². The van der Waals surface area contributed by atoms with Gasteiger partial charge in [-0.05, 0) is 62.4 Å². The van der Waals surface area contributed by atoms with Crippen LogP contribution in [0.4, 0.5) is 20.2 Å². The van der Waals surface area contributed by atoms with E-state index in [-0.39, 0.29) is 11.4 Å². The third-order valence-electron chi connectivity index (χ3n) is 4.59. The molecule has 11 heteroatoms. The lowest BCUT2D eigenvalue weighted by molar-refractivity contribution is 0.102. The van der Waals surface area contributed by atoms with Crippen molar-refractivity contribution in [2.24, 2.45) is 0 Å². The molecule has 0 radical (unpaired) electrons. The number of aryl methyl sites for hydroxylation is 2. The Kier molecular flexibility index (Phi) is 5.35. The molecule has 0 aliphatic rings. The summed E-state index contributed by atoms with van der Waals surface area (Å²) in [4.78, 5) is 16.6. The standard InChI is InChI=1S/C21H16F2N4O4S/c1-11-9-16(19-12(2)26-31-21(19)24-11)20(28)25-13-3-5-14(6-4-13)27-32(29,30)15-7-8-17(22)18(23)10-15/h3-10,27H,1-2H3,(H,25,28). The number of carbonyl (C=O) groups is 1. The van der Waals surface area contributed by atoms with Crippen molar-refractivity contribution >= 4 is 38.4 Å². The van der Waals surface area contributed by atoms with Crippen molar-refractivity contribution < 1.29 is 26.5 Å². The summed E-state index contributed by atoms with van der Waals surface area (Å²) in [7, 11) is -4.13. The largest absolute Gasteiger partial charge is 0.336 e. The fourth-order valence-corrected chi connectivity index (χ4v) is 4.14. The van der Waals surface area contributed by atoms with Gasteiger partial charge in [0.2, 0.25) is 0 Å². The van der Waals surface area contributed by atoms with E-state index >= 15 is 0 Å². The SMILES string of the molecule is Cc1cc(C(=O)Nc2ccc(NS(=O)(=O)c3ccc(F)c(F)c3)cc2)c2c(C)noc2n1. The molecule has 4 aromatic rings. The van der Waals surface area contributed by atoms with Crippen LogP contribution < -0.4 is 10.0 Å². The number of pyridine rings is 1. The smallest absolute Gasteiger partial charge is 0.261 e. The zero-order valence-electron chi connectivity index (χ0n) is 16.8. The summed E-state index contributed by atoms with van der Waals surface area (Å²) in [6.07, 6.45) is 0. The molecule has 0 saturated heterocycles. The molecule has 2 aromatic carbocycles. The summed E-state index contributed by atoms with van der Waals surface area (Å²) >= 11 is 0. The Morgan fingerprint density at radius 1 is 0.969 bits per heavy atom. The van der Waals surface area contributed by atoms with Crippen LogP contribution in [0.25, 0.3) is 11.1 Å². The van der Waals surface area contributed by atoms with Crippen LogP contribution in [0.2, 0.25) is 0 Å². The van der Waals surface area contributed by atoms with Crippen LogP contribution in [0, 0.1) is 25.5 Å². The first kappa shape index (κ1) is 21.4. The lowest BCUT2D eigenvalue weighted by Crippen LogP contribution is -2.14. The second kappa shape index (κ2) is 8.00. The molecule has 0 aliphatic heterocycles. The molecule has 2 aromatic heterocycles. The number of hydrogen-bond acceptors (Lipinski definition) is 6. The number of aromatic nitrogens is 2. The van der Waals surface area contributed by atoms with Crippen molar-refractivity contribution in [3.05, 3.63) is 77.1 Å². The maximum atomic E-state index is 13.4. The fourth-order valence-electron chi connectivity index (χ4n) is 3.07. The van der Waals surface area contributed by atoms with Crippen LogP contribution in [-0.4, -0.2) is 24.5 Å². The van der Waals surface area contributed by atoms with E-state index in [1.807, 2.05) is 0 Å². The van der Waals surface area contributed by atoms with Gasteiger partial charge in [-0.2, -0.15) is 0 Å². The number of carbonyl (C=O) groups excluding carboxylic acids is 1. The summed E-state index contributed by atoms with van der Waals surface area (Å²) in [5.41, 5.74) is 2.29. The van der Waals surface area contributed by atoms with Gasteiger partial charge >= 0.3 is 0 Å². The minimum Gasteiger partial charge on any atom is -0.336 e. The average Bonchev–Trinajstić information content (AvgIpc) is 3.11. The zero-order valence-corrected chi connectivity index (χ0v) is 17.6. The molecule has 0 spiro atoms. The highest BCUT2D eigenvalue weighted by Gasteiger charge is 2.19. The topological polar surface area (TPSA) is 114 Å². The van der Waals surface area contributed by atoms with Crippen LogP contribution in [0.5, 0.6) is 0 Å². The number of nitrogens with one attached hydrogen (secondary N) is 2.